The lowest BCUT2D eigenvalue weighted by Crippen LogP contribution is -2.38. The Morgan fingerprint density at radius 1 is 1.07 bits per heavy atom. The van der Waals surface area contributed by atoms with Gasteiger partial charge in [0.05, 0.1) is 24.9 Å². The fraction of sp³-hybridized carbons (Fsp3) is 0.100. The first-order valence-electron chi connectivity index (χ1n) is 8.20. The van der Waals surface area contributed by atoms with Crippen molar-refractivity contribution in [2.45, 2.75) is 6.54 Å². The van der Waals surface area contributed by atoms with Crippen LogP contribution in [0.4, 0.5) is 4.39 Å². The van der Waals surface area contributed by atoms with Crippen molar-refractivity contribution >= 4 is 21.6 Å². The Labute approximate surface area is 157 Å². The minimum atomic E-state index is -0.455. The fourth-order valence-electron chi connectivity index (χ4n) is 2.99. The predicted molar refractivity (Wildman–Crippen MR) is 104 cm³/mol. The highest BCUT2D eigenvalue weighted by atomic mass is 32.1. The van der Waals surface area contributed by atoms with Crippen LogP contribution in [-0.2, 0) is 6.54 Å². The van der Waals surface area contributed by atoms with Gasteiger partial charge in [0.25, 0.3) is 5.56 Å². The van der Waals surface area contributed by atoms with Crippen LogP contribution >= 0.6 is 11.3 Å². The molecular weight excluding hydrogens is 367 g/mol. The van der Waals surface area contributed by atoms with Crippen molar-refractivity contribution in [1.82, 2.24) is 9.13 Å². The molecule has 27 heavy (non-hydrogen) atoms. The number of aromatic nitrogens is 2. The van der Waals surface area contributed by atoms with Gasteiger partial charge in [-0.1, -0.05) is 18.2 Å². The fourth-order valence-corrected chi connectivity index (χ4v) is 3.81. The minimum Gasteiger partial charge on any atom is -0.497 e. The van der Waals surface area contributed by atoms with Crippen LogP contribution < -0.4 is 16.0 Å². The molecule has 0 spiro atoms. The summed E-state index contributed by atoms with van der Waals surface area (Å²) in [6.45, 7) is 0.233. The smallest absolute Gasteiger partial charge is 0.336 e. The highest BCUT2D eigenvalue weighted by Crippen LogP contribution is 2.19. The third-order valence-corrected chi connectivity index (χ3v) is 5.21. The zero-order valence-corrected chi connectivity index (χ0v) is 15.2. The minimum absolute atomic E-state index is 0.233. The Balaban J connectivity index is 1.96. The molecule has 2 aromatic heterocycles. The molecule has 0 fully saturated rings. The van der Waals surface area contributed by atoms with E-state index in [9.17, 15) is 14.0 Å². The number of thiophene rings is 1. The maximum Gasteiger partial charge on any atom is 0.336 e. The largest absolute Gasteiger partial charge is 0.497 e. The maximum absolute atomic E-state index is 13.2. The van der Waals surface area contributed by atoms with E-state index in [1.807, 2.05) is 0 Å². The normalized spacial score (nSPS) is 11.0. The van der Waals surface area contributed by atoms with Crippen molar-refractivity contribution in [3.63, 3.8) is 0 Å². The van der Waals surface area contributed by atoms with E-state index in [1.165, 1.54) is 35.1 Å². The second-order valence-electron chi connectivity index (χ2n) is 5.97. The van der Waals surface area contributed by atoms with Gasteiger partial charge in [-0.15, -0.1) is 11.3 Å². The van der Waals surface area contributed by atoms with Gasteiger partial charge in [-0.25, -0.2) is 13.8 Å². The molecule has 5 nitrogen and oxygen atoms in total. The van der Waals surface area contributed by atoms with Gasteiger partial charge in [-0.2, -0.15) is 0 Å². The van der Waals surface area contributed by atoms with E-state index in [1.54, 1.807) is 47.8 Å². The second-order valence-corrected chi connectivity index (χ2v) is 6.89. The number of nitrogens with zero attached hydrogens (tertiary/aromatic N) is 2. The van der Waals surface area contributed by atoms with Gasteiger partial charge in [0, 0.05) is 6.07 Å². The molecule has 0 aliphatic carbocycles. The standard InChI is InChI=1S/C20H15FN2O3S/c1-26-16-4-2-3-15(11-16)23-19(24)18-17(9-10-27-18)22(20(23)25)12-13-5-7-14(21)8-6-13/h2-11H,12H2,1H3. The molecule has 0 N–H and O–H groups in total. The molecule has 4 rings (SSSR count). The van der Waals surface area contributed by atoms with E-state index >= 15 is 0 Å². The van der Waals surface area contributed by atoms with Crippen molar-refractivity contribution < 1.29 is 9.13 Å². The zero-order valence-electron chi connectivity index (χ0n) is 14.4. The first-order chi connectivity index (χ1) is 13.1. The molecule has 0 amide bonds. The van der Waals surface area contributed by atoms with Crippen LogP contribution in [0.2, 0.25) is 0 Å². The molecule has 0 aliphatic heterocycles. The molecule has 0 saturated heterocycles. The molecule has 136 valence electrons. The first-order valence-corrected chi connectivity index (χ1v) is 9.08. The highest BCUT2D eigenvalue weighted by Gasteiger charge is 2.16. The van der Waals surface area contributed by atoms with Gasteiger partial charge in [0.1, 0.15) is 16.3 Å². The number of methoxy groups -OCH3 is 1. The van der Waals surface area contributed by atoms with Crippen molar-refractivity contribution in [3.05, 3.63) is 92.2 Å². The Morgan fingerprint density at radius 2 is 1.85 bits per heavy atom. The topological polar surface area (TPSA) is 53.2 Å². The number of halogens is 1. The summed E-state index contributed by atoms with van der Waals surface area (Å²) in [5.41, 5.74) is 0.949. The summed E-state index contributed by atoms with van der Waals surface area (Å²) in [5.74, 6) is 0.211. The highest BCUT2D eigenvalue weighted by molar-refractivity contribution is 7.17. The molecule has 0 aliphatic rings. The number of ether oxygens (including phenoxy) is 1. The summed E-state index contributed by atoms with van der Waals surface area (Å²) in [6.07, 6.45) is 0. The molecule has 0 bridgehead atoms. The number of benzene rings is 2. The van der Waals surface area contributed by atoms with Crippen LogP contribution in [0.1, 0.15) is 5.56 Å². The van der Waals surface area contributed by atoms with E-state index in [-0.39, 0.29) is 17.9 Å². The summed E-state index contributed by atoms with van der Waals surface area (Å²) in [5, 5.41) is 1.78. The third-order valence-electron chi connectivity index (χ3n) is 4.32. The molecule has 0 unspecified atom stereocenters. The van der Waals surface area contributed by atoms with E-state index in [0.717, 1.165) is 10.1 Å². The Kier molecular flexibility index (Phi) is 4.37. The van der Waals surface area contributed by atoms with Gasteiger partial charge in [-0.3, -0.25) is 9.36 Å². The van der Waals surface area contributed by atoms with Crippen LogP contribution in [0.15, 0.2) is 69.6 Å². The molecule has 0 saturated carbocycles. The van der Waals surface area contributed by atoms with Crippen LogP contribution in [0.5, 0.6) is 5.75 Å². The van der Waals surface area contributed by atoms with Gasteiger partial charge in [-0.05, 0) is 41.3 Å². The summed E-state index contributed by atoms with van der Waals surface area (Å²) >= 11 is 1.28. The van der Waals surface area contributed by atoms with E-state index in [2.05, 4.69) is 0 Å². The first kappa shape index (κ1) is 17.2. The monoisotopic (exact) mass is 382 g/mol. The molecule has 0 radical (unpaired) electrons. The average Bonchev–Trinajstić information content (AvgIpc) is 3.17. The number of rotatable bonds is 4. The Hall–Kier alpha value is -3.19. The Morgan fingerprint density at radius 3 is 2.59 bits per heavy atom. The molecule has 2 aromatic carbocycles. The number of hydrogen-bond donors (Lipinski definition) is 0. The summed E-state index contributed by atoms with van der Waals surface area (Å²) in [6, 6.07) is 14.5. The van der Waals surface area contributed by atoms with Crippen molar-refractivity contribution in [3.8, 4) is 11.4 Å². The summed E-state index contributed by atoms with van der Waals surface area (Å²) < 4.78 is 21.6. The zero-order chi connectivity index (χ0) is 19.0. The van der Waals surface area contributed by atoms with Gasteiger partial charge >= 0.3 is 5.69 Å². The lowest BCUT2D eigenvalue weighted by Gasteiger charge is -2.13. The SMILES string of the molecule is COc1cccc(-n2c(=O)c3sccc3n(Cc3ccc(F)cc3)c2=O)c1. The van der Waals surface area contributed by atoms with E-state index < -0.39 is 5.69 Å². The van der Waals surface area contributed by atoms with Crippen molar-refractivity contribution in [2.75, 3.05) is 7.11 Å². The third kappa shape index (κ3) is 3.06. The maximum atomic E-state index is 13.2. The number of fused-ring (bicyclic) bond motifs is 1. The van der Waals surface area contributed by atoms with Crippen molar-refractivity contribution in [1.29, 1.82) is 0 Å². The molecule has 4 aromatic rings. The average molecular weight is 382 g/mol. The molecule has 2 heterocycles. The lowest BCUT2D eigenvalue weighted by atomic mass is 10.2. The predicted octanol–water partition coefficient (Wildman–Crippen LogP) is 3.41. The Bertz CT molecular complexity index is 1240. The molecular formula is C20H15FN2O3S. The van der Waals surface area contributed by atoms with Crippen molar-refractivity contribution in [2.24, 2.45) is 0 Å². The van der Waals surface area contributed by atoms with E-state index in [0.29, 0.717) is 21.7 Å². The van der Waals surface area contributed by atoms with Gasteiger partial charge in [0.2, 0.25) is 0 Å². The molecule has 0 atom stereocenters. The van der Waals surface area contributed by atoms with Gasteiger partial charge < -0.3 is 4.74 Å². The van der Waals surface area contributed by atoms with Gasteiger partial charge in [0.15, 0.2) is 0 Å². The van der Waals surface area contributed by atoms with Crippen LogP contribution in [0, 0.1) is 5.82 Å². The summed E-state index contributed by atoms with van der Waals surface area (Å²) in [7, 11) is 1.52. The summed E-state index contributed by atoms with van der Waals surface area (Å²) in [4.78, 5) is 26.1. The van der Waals surface area contributed by atoms with E-state index in [4.69, 9.17) is 4.74 Å². The lowest BCUT2D eigenvalue weighted by molar-refractivity contribution is 0.414. The van der Waals surface area contributed by atoms with Crippen LogP contribution in [-0.4, -0.2) is 16.2 Å². The van der Waals surface area contributed by atoms with Crippen LogP contribution in [0.25, 0.3) is 15.9 Å². The second kappa shape index (κ2) is 6.85. The molecule has 7 heteroatoms. The van der Waals surface area contributed by atoms with Crippen LogP contribution in [0.3, 0.4) is 0 Å². The number of hydrogen-bond acceptors (Lipinski definition) is 4. The quantitative estimate of drug-likeness (QED) is 0.544.